The molecule has 0 aromatic carbocycles. The largest absolute Gasteiger partial charge is 0.177 e. The molecule has 0 saturated heterocycles. The lowest BCUT2D eigenvalue weighted by molar-refractivity contribution is 1.48. The predicted octanol–water partition coefficient (Wildman–Crippen LogP) is 2.71. The van der Waals surface area contributed by atoms with Crippen molar-refractivity contribution >= 4 is 61.4 Å². The van der Waals surface area contributed by atoms with Gasteiger partial charge in [0.25, 0.3) is 0 Å². The molecule has 0 fully saturated rings. The van der Waals surface area contributed by atoms with Crippen molar-refractivity contribution in [2.24, 2.45) is 0 Å². The van der Waals surface area contributed by atoms with E-state index in [1.54, 1.807) is 23.5 Å². The summed E-state index contributed by atoms with van der Waals surface area (Å²) in [6, 6.07) is 0. The number of rotatable bonds is 1. The normalized spacial score (nSPS) is 21.7. The standard InChI is InChI=1S/C4H6S5/c5-1-2-8-3(6)4(7)9-2/h2,5-7H,1H2. The van der Waals surface area contributed by atoms with Crippen LogP contribution in [0.2, 0.25) is 0 Å². The first-order valence-electron chi connectivity index (χ1n) is 2.30. The molecule has 1 heterocycles. The van der Waals surface area contributed by atoms with Gasteiger partial charge in [0.2, 0.25) is 0 Å². The molecule has 0 spiro atoms. The molecular formula is C4H6S5. The topological polar surface area (TPSA) is 0 Å². The van der Waals surface area contributed by atoms with Crippen molar-refractivity contribution in [2.45, 2.75) is 4.58 Å². The maximum Gasteiger partial charge on any atom is 0.0695 e. The minimum atomic E-state index is 0.522. The van der Waals surface area contributed by atoms with Crippen LogP contribution in [0.15, 0.2) is 8.47 Å². The SMILES string of the molecule is SCC1SC(S)=C(S)S1. The number of hydrogen-bond donors (Lipinski definition) is 3. The lowest BCUT2D eigenvalue weighted by atomic mass is 10.9. The lowest BCUT2D eigenvalue weighted by Gasteiger charge is -2.00. The molecule has 5 heteroatoms. The minimum Gasteiger partial charge on any atom is -0.177 e. The number of thiol groups is 3. The van der Waals surface area contributed by atoms with Crippen LogP contribution >= 0.6 is 61.4 Å². The molecule has 1 rings (SSSR count). The molecule has 0 N–H and O–H groups in total. The van der Waals surface area contributed by atoms with Gasteiger partial charge in [-0.15, -0.1) is 48.8 Å². The van der Waals surface area contributed by atoms with Crippen molar-refractivity contribution < 1.29 is 0 Å². The molecular weight excluding hydrogens is 208 g/mol. The summed E-state index contributed by atoms with van der Waals surface area (Å²) >= 11 is 16.0. The van der Waals surface area contributed by atoms with Crippen molar-refractivity contribution in [1.82, 2.24) is 0 Å². The summed E-state index contributed by atoms with van der Waals surface area (Å²) in [7, 11) is 0. The first-order chi connectivity index (χ1) is 4.24. The van der Waals surface area contributed by atoms with Crippen LogP contribution in [0.1, 0.15) is 0 Å². The van der Waals surface area contributed by atoms with E-state index in [1.807, 2.05) is 0 Å². The van der Waals surface area contributed by atoms with Crippen molar-refractivity contribution in [2.75, 3.05) is 5.75 Å². The Morgan fingerprint density at radius 1 is 1.22 bits per heavy atom. The molecule has 0 unspecified atom stereocenters. The maximum absolute atomic E-state index is 4.21. The Labute approximate surface area is 79.9 Å². The van der Waals surface area contributed by atoms with E-state index in [2.05, 4.69) is 37.9 Å². The molecule has 52 valence electrons. The summed E-state index contributed by atoms with van der Waals surface area (Å²) < 4.78 is 2.58. The summed E-state index contributed by atoms with van der Waals surface area (Å²) in [6.45, 7) is 0. The minimum absolute atomic E-state index is 0.522. The highest BCUT2D eigenvalue weighted by Crippen LogP contribution is 2.49. The van der Waals surface area contributed by atoms with Gasteiger partial charge >= 0.3 is 0 Å². The van der Waals surface area contributed by atoms with Gasteiger partial charge in [0, 0.05) is 5.75 Å². The Hall–Kier alpha value is 1.49. The highest BCUT2D eigenvalue weighted by Gasteiger charge is 2.20. The van der Waals surface area contributed by atoms with Crippen LogP contribution in [0.4, 0.5) is 0 Å². The molecule has 0 amide bonds. The lowest BCUT2D eigenvalue weighted by Crippen LogP contribution is -1.90. The van der Waals surface area contributed by atoms with Gasteiger partial charge in [0.05, 0.1) is 13.1 Å². The summed E-state index contributed by atoms with van der Waals surface area (Å²) in [5, 5.41) is 0. The van der Waals surface area contributed by atoms with E-state index in [0.717, 1.165) is 14.2 Å². The fraction of sp³-hybridized carbons (Fsp3) is 0.500. The average molecular weight is 214 g/mol. The maximum atomic E-state index is 4.21. The van der Waals surface area contributed by atoms with Crippen LogP contribution in [-0.2, 0) is 0 Å². The molecule has 9 heavy (non-hydrogen) atoms. The van der Waals surface area contributed by atoms with Gasteiger partial charge in [0.1, 0.15) is 0 Å². The Bertz CT molecular complexity index is 126. The Morgan fingerprint density at radius 3 is 1.89 bits per heavy atom. The third kappa shape index (κ3) is 2.22. The van der Waals surface area contributed by atoms with Crippen LogP contribution in [0.5, 0.6) is 0 Å². The van der Waals surface area contributed by atoms with Gasteiger partial charge in [-0.3, -0.25) is 0 Å². The van der Waals surface area contributed by atoms with Gasteiger partial charge in [-0.05, 0) is 0 Å². The number of hydrogen-bond acceptors (Lipinski definition) is 5. The van der Waals surface area contributed by atoms with Crippen LogP contribution < -0.4 is 0 Å². The molecule has 1 aliphatic rings. The molecule has 0 aromatic rings. The second-order valence-electron chi connectivity index (χ2n) is 1.46. The third-order valence-corrected chi connectivity index (χ3v) is 5.66. The predicted molar refractivity (Wildman–Crippen MR) is 57.8 cm³/mol. The van der Waals surface area contributed by atoms with Crippen LogP contribution in [0, 0.1) is 0 Å². The second-order valence-corrected chi connectivity index (χ2v) is 6.05. The monoisotopic (exact) mass is 214 g/mol. The Morgan fingerprint density at radius 2 is 1.67 bits per heavy atom. The average Bonchev–Trinajstić information content (AvgIpc) is 2.13. The van der Waals surface area contributed by atoms with E-state index in [0.29, 0.717) is 4.58 Å². The van der Waals surface area contributed by atoms with E-state index in [-0.39, 0.29) is 0 Å². The van der Waals surface area contributed by atoms with E-state index in [9.17, 15) is 0 Å². The van der Waals surface area contributed by atoms with E-state index >= 15 is 0 Å². The smallest absolute Gasteiger partial charge is 0.0695 e. The summed E-state index contributed by atoms with van der Waals surface area (Å²) in [5.41, 5.74) is 0. The van der Waals surface area contributed by atoms with Gasteiger partial charge in [-0.1, -0.05) is 0 Å². The zero-order valence-electron chi connectivity index (χ0n) is 4.44. The van der Waals surface area contributed by atoms with Gasteiger partial charge in [-0.25, -0.2) is 0 Å². The Balaban J connectivity index is 2.48. The summed E-state index contributed by atoms with van der Waals surface area (Å²) in [4.78, 5) is 0. The molecule has 0 aliphatic carbocycles. The van der Waals surface area contributed by atoms with Crippen molar-refractivity contribution in [3.05, 3.63) is 8.47 Å². The molecule has 0 aromatic heterocycles. The molecule has 0 nitrogen and oxygen atoms in total. The summed E-state index contributed by atoms with van der Waals surface area (Å²) in [6.07, 6.45) is 0. The van der Waals surface area contributed by atoms with Gasteiger partial charge in [-0.2, -0.15) is 12.6 Å². The van der Waals surface area contributed by atoms with Crippen LogP contribution in [-0.4, -0.2) is 10.3 Å². The highest BCUT2D eigenvalue weighted by molar-refractivity contribution is 8.33. The Kier molecular flexibility index (Phi) is 3.59. The number of thioether (sulfide) groups is 2. The molecule has 1 aliphatic heterocycles. The zero-order valence-corrected chi connectivity index (χ0v) is 8.76. The fourth-order valence-electron chi connectivity index (χ4n) is 0.448. The highest BCUT2D eigenvalue weighted by atomic mass is 32.2. The van der Waals surface area contributed by atoms with Crippen LogP contribution in [0.3, 0.4) is 0 Å². The first-order valence-corrected chi connectivity index (χ1v) is 5.59. The molecule has 0 radical (unpaired) electrons. The molecule has 0 atom stereocenters. The first kappa shape index (κ1) is 8.59. The zero-order chi connectivity index (χ0) is 6.85. The second kappa shape index (κ2) is 3.76. The van der Waals surface area contributed by atoms with Crippen LogP contribution in [0.25, 0.3) is 0 Å². The van der Waals surface area contributed by atoms with E-state index in [1.165, 1.54) is 0 Å². The van der Waals surface area contributed by atoms with E-state index < -0.39 is 0 Å². The quantitative estimate of drug-likeness (QED) is 0.574. The summed E-state index contributed by atoms with van der Waals surface area (Å²) in [5.74, 6) is 0.878. The van der Waals surface area contributed by atoms with Gasteiger partial charge < -0.3 is 0 Å². The molecule has 0 bridgehead atoms. The van der Waals surface area contributed by atoms with Gasteiger partial charge in [0.15, 0.2) is 0 Å². The molecule has 0 saturated carbocycles. The van der Waals surface area contributed by atoms with E-state index in [4.69, 9.17) is 0 Å². The van der Waals surface area contributed by atoms with Crippen molar-refractivity contribution in [1.29, 1.82) is 0 Å². The van der Waals surface area contributed by atoms with Crippen molar-refractivity contribution in [3.8, 4) is 0 Å². The third-order valence-electron chi connectivity index (χ3n) is 0.818. The van der Waals surface area contributed by atoms with Crippen molar-refractivity contribution in [3.63, 3.8) is 0 Å². The fourth-order valence-corrected chi connectivity index (χ4v) is 4.31.